The van der Waals surface area contributed by atoms with Crippen LogP contribution in [0.2, 0.25) is 0 Å². The summed E-state index contributed by atoms with van der Waals surface area (Å²) in [5.41, 5.74) is 6.30. The summed E-state index contributed by atoms with van der Waals surface area (Å²) in [4.78, 5) is 28.8. The molecule has 3 N–H and O–H groups in total. The molecule has 1 aliphatic heterocycles. The van der Waals surface area contributed by atoms with Gasteiger partial charge in [0.1, 0.15) is 0 Å². The van der Waals surface area contributed by atoms with Crippen LogP contribution in [0.5, 0.6) is 0 Å². The van der Waals surface area contributed by atoms with Crippen molar-refractivity contribution in [3.63, 3.8) is 0 Å². The van der Waals surface area contributed by atoms with Crippen molar-refractivity contribution in [1.82, 2.24) is 14.5 Å². The maximum Gasteiger partial charge on any atom is 0.310 e. The highest BCUT2D eigenvalue weighted by molar-refractivity contribution is 5.89. The number of hydrogen-bond acceptors (Lipinski definition) is 4. The second kappa shape index (κ2) is 4.90. The van der Waals surface area contributed by atoms with Gasteiger partial charge < -0.3 is 15.4 Å². The summed E-state index contributed by atoms with van der Waals surface area (Å²) in [6.45, 7) is 5.16. The first-order chi connectivity index (χ1) is 9.22. The lowest BCUT2D eigenvalue weighted by atomic mass is 9.92. The van der Waals surface area contributed by atoms with Crippen molar-refractivity contribution in [2.75, 3.05) is 13.1 Å². The van der Waals surface area contributed by atoms with Crippen LogP contribution in [0.1, 0.15) is 35.9 Å². The topological polar surface area (TPSA) is 101 Å². The molecule has 1 aliphatic rings. The fourth-order valence-corrected chi connectivity index (χ4v) is 2.56. The molecular weight excluding hydrogens is 260 g/mol. The van der Waals surface area contributed by atoms with E-state index in [-0.39, 0.29) is 5.82 Å². The molecule has 0 saturated carbocycles. The van der Waals surface area contributed by atoms with Crippen LogP contribution in [-0.2, 0) is 24.8 Å². The van der Waals surface area contributed by atoms with E-state index in [1.54, 1.807) is 25.5 Å². The summed E-state index contributed by atoms with van der Waals surface area (Å²) in [7, 11) is 1.78. The standard InChI is InChI=1S/C13H20N4O3/c1-13(2,12(19)20)7-17-5-4-9-8(6-17)15-11(10(14)18)16(9)3/h4-7H2,1-3H3,(H2,14,18)(H,19,20). The SMILES string of the molecule is Cn1c(C(N)=O)nc2c1CCN(CC(C)(C)C(=O)O)C2. The first kappa shape index (κ1) is 14.5. The predicted octanol–water partition coefficient (Wildman–Crippen LogP) is -0.0121. The van der Waals surface area contributed by atoms with E-state index >= 15 is 0 Å². The highest BCUT2D eigenvalue weighted by atomic mass is 16.4. The van der Waals surface area contributed by atoms with Crippen LogP contribution in [0.15, 0.2) is 0 Å². The number of fused-ring (bicyclic) bond motifs is 1. The predicted molar refractivity (Wildman–Crippen MR) is 72.1 cm³/mol. The molecular formula is C13H20N4O3. The Morgan fingerprint density at radius 3 is 2.65 bits per heavy atom. The maximum absolute atomic E-state index is 11.3. The van der Waals surface area contributed by atoms with Gasteiger partial charge in [-0.15, -0.1) is 0 Å². The Labute approximate surface area is 117 Å². The first-order valence-electron chi connectivity index (χ1n) is 6.52. The zero-order valence-corrected chi connectivity index (χ0v) is 12.0. The number of hydrogen-bond donors (Lipinski definition) is 2. The van der Waals surface area contributed by atoms with Gasteiger partial charge >= 0.3 is 5.97 Å². The van der Waals surface area contributed by atoms with Crippen LogP contribution < -0.4 is 5.73 Å². The molecule has 20 heavy (non-hydrogen) atoms. The number of rotatable bonds is 4. The Balaban J connectivity index is 2.18. The normalized spacial score (nSPS) is 15.9. The Hall–Kier alpha value is -1.89. The number of aromatic nitrogens is 2. The number of primary amides is 1. The third-order valence-electron chi connectivity index (χ3n) is 3.75. The Morgan fingerprint density at radius 2 is 2.10 bits per heavy atom. The molecule has 2 heterocycles. The average Bonchev–Trinajstić information content (AvgIpc) is 2.66. The van der Waals surface area contributed by atoms with Crippen molar-refractivity contribution >= 4 is 11.9 Å². The lowest BCUT2D eigenvalue weighted by Gasteiger charge is -2.32. The minimum Gasteiger partial charge on any atom is -0.481 e. The summed E-state index contributed by atoms with van der Waals surface area (Å²) in [5, 5.41) is 9.18. The molecule has 0 bridgehead atoms. The van der Waals surface area contributed by atoms with E-state index in [1.807, 2.05) is 4.90 Å². The number of nitrogens with two attached hydrogens (primary N) is 1. The second-order valence-corrected chi connectivity index (χ2v) is 5.90. The number of amides is 1. The van der Waals surface area contributed by atoms with Gasteiger partial charge in [0, 0.05) is 38.8 Å². The fourth-order valence-electron chi connectivity index (χ4n) is 2.56. The van der Waals surface area contributed by atoms with Crippen LogP contribution in [0.3, 0.4) is 0 Å². The van der Waals surface area contributed by atoms with Crippen molar-refractivity contribution in [3.05, 3.63) is 17.2 Å². The molecule has 1 aromatic heterocycles. The average molecular weight is 280 g/mol. The molecule has 0 aliphatic carbocycles. The van der Waals surface area contributed by atoms with E-state index in [0.29, 0.717) is 13.1 Å². The smallest absolute Gasteiger partial charge is 0.310 e. The van der Waals surface area contributed by atoms with Crippen LogP contribution in [0.4, 0.5) is 0 Å². The third-order valence-corrected chi connectivity index (χ3v) is 3.75. The minimum atomic E-state index is -0.817. The van der Waals surface area contributed by atoms with E-state index in [1.165, 1.54) is 0 Å². The molecule has 7 nitrogen and oxygen atoms in total. The van der Waals surface area contributed by atoms with Crippen molar-refractivity contribution < 1.29 is 14.7 Å². The van der Waals surface area contributed by atoms with Gasteiger partial charge in [0.15, 0.2) is 5.82 Å². The number of carboxylic acid groups (broad SMARTS) is 1. The third kappa shape index (κ3) is 2.53. The molecule has 0 atom stereocenters. The highest BCUT2D eigenvalue weighted by Gasteiger charge is 2.32. The molecule has 0 spiro atoms. The minimum absolute atomic E-state index is 0.259. The zero-order valence-electron chi connectivity index (χ0n) is 12.0. The van der Waals surface area contributed by atoms with Gasteiger partial charge in [-0.2, -0.15) is 0 Å². The summed E-state index contributed by atoms with van der Waals surface area (Å²) >= 11 is 0. The van der Waals surface area contributed by atoms with E-state index in [2.05, 4.69) is 4.98 Å². The van der Waals surface area contributed by atoms with Crippen LogP contribution >= 0.6 is 0 Å². The lowest BCUT2D eigenvalue weighted by Crippen LogP contribution is -2.41. The Morgan fingerprint density at radius 1 is 1.45 bits per heavy atom. The van der Waals surface area contributed by atoms with Gasteiger partial charge in [-0.05, 0) is 13.8 Å². The van der Waals surface area contributed by atoms with Crippen LogP contribution in [0.25, 0.3) is 0 Å². The van der Waals surface area contributed by atoms with Gasteiger partial charge in [0.05, 0.1) is 11.1 Å². The van der Waals surface area contributed by atoms with Gasteiger partial charge in [-0.1, -0.05) is 0 Å². The molecule has 7 heteroatoms. The summed E-state index contributed by atoms with van der Waals surface area (Å²) in [5.74, 6) is -1.10. The summed E-state index contributed by atoms with van der Waals surface area (Å²) < 4.78 is 1.73. The van der Waals surface area contributed by atoms with Crippen molar-refractivity contribution in [2.45, 2.75) is 26.8 Å². The molecule has 2 rings (SSSR count). The molecule has 1 amide bonds. The largest absolute Gasteiger partial charge is 0.481 e. The van der Waals surface area contributed by atoms with E-state index in [0.717, 1.165) is 24.4 Å². The van der Waals surface area contributed by atoms with E-state index < -0.39 is 17.3 Å². The monoisotopic (exact) mass is 280 g/mol. The van der Waals surface area contributed by atoms with Gasteiger partial charge in [-0.3, -0.25) is 14.5 Å². The number of aliphatic carboxylic acids is 1. The highest BCUT2D eigenvalue weighted by Crippen LogP contribution is 2.24. The van der Waals surface area contributed by atoms with Crippen molar-refractivity contribution in [2.24, 2.45) is 18.2 Å². The lowest BCUT2D eigenvalue weighted by molar-refractivity contribution is -0.148. The number of carbonyl (C=O) groups excluding carboxylic acids is 1. The zero-order chi connectivity index (χ0) is 15.1. The van der Waals surface area contributed by atoms with Gasteiger partial charge in [0.2, 0.25) is 0 Å². The molecule has 0 unspecified atom stereocenters. The molecule has 0 radical (unpaired) electrons. The summed E-state index contributed by atoms with van der Waals surface area (Å²) in [6.07, 6.45) is 0.738. The van der Waals surface area contributed by atoms with E-state index in [9.17, 15) is 14.7 Å². The summed E-state index contributed by atoms with van der Waals surface area (Å²) in [6, 6.07) is 0. The number of carbonyl (C=O) groups is 2. The quantitative estimate of drug-likeness (QED) is 0.807. The number of carboxylic acids is 1. The fraction of sp³-hybridized carbons (Fsp3) is 0.615. The van der Waals surface area contributed by atoms with Crippen LogP contribution in [-0.4, -0.2) is 44.5 Å². The molecule has 0 fully saturated rings. The molecule has 110 valence electrons. The van der Waals surface area contributed by atoms with Gasteiger partial charge in [0.25, 0.3) is 5.91 Å². The van der Waals surface area contributed by atoms with E-state index in [4.69, 9.17) is 5.73 Å². The Kier molecular flexibility index (Phi) is 3.56. The molecule has 0 aromatic carbocycles. The van der Waals surface area contributed by atoms with Crippen molar-refractivity contribution in [1.29, 1.82) is 0 Å². The van der Waals surface area contributed by atoms with Crippen molar-refractivity contribution in [3.8, 4) is 0 Å². The van der Waals surface area contributed by atoms with Crippen LogP contribution in [0, 0.1) is 5.41 Å². The Bertz CT molecular complexity index is 562. The second-order valence-electron chi connectivity index (χ2n) is 5.90. The molecule has 1 aromatic rings. The maximum atomic E-state index is 11.3. The number of nitrogens with zero attached hydrogens (tertiary/aromatic N) is 3. The van der Waals surface area contributed by atoms with Gasteiger partial charge in [-0.25, -0.2) is 4.98 Å². The first-order valence-corrected chi connectivity index (χ1v) is 6.52. The number of imidazole rings is 1. The molecule has 0 saturated heterocycles.